The van der Waals surface area contributed by atoms with Crippen LogP contribution in [0.25, 0.3) is 10.1 Å². The van der Waals surface area contributed by atoms with E-state index in [0.717, 1.165) is 21.2 Å². The van der Waals surface area contributed by atoms with Crippen molar-refractivity contribution in [3.05, 3.63) is 32.6 Å². The van der Waals surface area contributed by atoms with Crippen LogP contribution in [0.2, 0.25) is 10.0 Å². The van der Waals surface area contributed by atoms with E-state index >= 15 is 0 Å². The smallest absolute Gasteiger partial charge is 0.151 e. The molecule has 0 aliphatic carbocycles. The lowest BCUT2D eigenvalue weighted by Crippen LogP contribution is -1.80. The van der Waals surface area contributed by atoms with Gasteiger partial charge in [0.2, 0.25) is 0 Å². The highest BCUT2D eigenvalue weighted by atomic mass is 35.5. The molecule has 0 saturated carbocycles. The minimum atomic E-state index is 0.579. The molecule has 1 nitrogen and oxygen atoms in total. The predicted octanol–water partition coefficient (Wildman–Crippen LogP) is 4.33. The molecular weight excluding hydrogens is 239 g/mol. The summed E-state index contributed by atoms with van der Waals surface area (Å²) in [6.07, 6.45) is 0.830. The second-order valence-corrected chi connectivity index (χ2v) is 4.96. The lowest BCUT2D eigenvalue weighted by atomic mass is 10.1. The minimum Gasteiger partial charge on any atom is -0.298 e. The van der Waals surface area contributed by atoms with Crippen molar-refractivity contribution in [2.24, 2.45) is 0 Å². The lowest BCUT2D eigenvalue weighted by molar-refractivity contribution is 0.112. The lowest BCUT2D eigenvalue weighted by Gasteiger charge is -1.96. The van der Waals surface area contributed by atoms with Gasteiger partial charge in [-0.25, -0.2) is 0 Å². The monoisotopic (exact) mass is 244 g/mol. The molecule has 0 bridgehead atoms. The average molecular weight is 245 g/mol. The van der Waals surface area contributed by atoms with Gasteiger partial charge in [0.25, 0.3) is 0 Å². The Hall–Kier alpha value is -0.570. The Bertz CT molecular complexity index is 516. The van der Waals surface area contributed by atoms with Crippen molar-refractivity contribution in [3.63, 3.8) is 0 Å². The van der Waals surface area contributed by atoms with Crippen LogP contribution >= 0.6 is 34.5 Å². The van der Waals surface area contributed by atoms with Crippen molar-refractivity contribution in [1.82, 2.24) is 0 Å². The first-order valence-corrected chi connectivity index (χ1v) is 5.54. The maximum Gasteiger partial charge on any atom is 0.151 e. The van der Waals surface area contributed by atoms with Crippen molar-refractivity contribution >= 4 is 50.9 Å². The summed E-state index contributed by atoms with van der Waals surface area (Å²) in [5.41, 5.74) is 0.650. The van der Waals surface area contributed by atoms with E-state index in [2.05, 4.69) is 0 Å². The molecule has 72 valence electrons. The van der Waals surface area contributed by atoms with Crippen LogP contribution in [0.15, 0.2) is 12.1 Å². The van der Waals surface area contributed by atoms with Crippen molar-refractivity contribution in [2.75, 3.05) is 0 Å². The summed E-state index contributed by atoms with van der Waals surface area (Å²) in [4.78, 5) is 11.8. The van der Waals surface area contributed by atoms with Crippen LogP contribution in [0.3, 0.4) is 0 Å². The van der Waals surface area contributed by atoms with Crippen LogP contribution in [0.5, 0.6) is 0 Å². The number of fused-ring (bicyclic) bond motifs is 1. The van der Waals surface area contributed by atoms with Crippen molar-refractivity contribution in [2.45, 2.75) is 6.92 Å². The maximum atomic E-state index is 10.9. The van der Waals surface area contributed by atoms with E-state index in [0.29, 0.717) is 15.6 Å². The maximum absolute atomic E-state index is 10.9. The number of hydrogen-bond acceptors (Lipinski definition) is 2. The fourth-order valence-corrected chi connectivity index (χ4v) is 3.05. The van der Waals surface area contributed by atoms with Gasteiger partial charge in [0.15, 0.2) is 6.29 Å². The Morgan fingerprint density at radius 2 is 1.93 bits per heavy atom. The molecule has 0 aliphatic heterocycles. The molecule has 1 heterocycles. The Morgan fingerprint density at radius 1 is 1.29 bits per heavy atom. The molecule has 0 spiro atoms. The van der Waals surface area contributed by atoms with Gasteiger partial charge in [0, 0.05) is 15.8 Å². The predicted molar refractivity (Wildman–Crippen MR) is 62.0 cm³/mol. The molecule has 4 heteroatoms. The summed E-state index contributed by atoms with van der Waals surface area (Å²) >= 11 is 13.5. The van der Waals surface area contributed by atoms with Gasteiger partial charge in [0.1, 0.15) is 0 Å². The topological polar surface area (TPSA) is 17.1 Å². The zero-order valence-corrected chi connectivity index (χ0v) is 9.63. The number of benzene rings is 1. The summed E-state index contributed by atoms with van der Waals surface area (Å²) in [7, 11) is 0. The SMILES string of the molecule is Cc1sc2c(Cl)ccc(Cl)c2c1C=O. The van der Waals surface area contributed by atoms with Crippen molar-refractivity contribution in [3.8, 4) is 0 Å². The number of carbonyl (C=O) groups excluding carboxylic acids is 1. The van der Waals surface area contributed by atoms with E-state index in [4.69, 9.17) is 23.2 Å². The van der Waals surface area contributed by atoms with Gasteiger partial charge in [-0.1, -0.05) is 23.2 Å². The molecule has 0 amide bonds. The van der Waals surface area contributed by atoms with Gasteiger partial charge in [0.05, 0.1) is 14.7 Å². The van der Waals surface area contributed by atoms with Gasteiger partial charge in [-0.15, -0.1) is 11.3 Å². The standard InChI is InChI=1S/C10H6Cl2OS/c1-5-6(4-13)9-7(11)2-3-8(12)10(9)14-5/h2-4H,1H3. The van der Waals surface area contributed by atoms with E-state index in [-0.39, 0.29) is 0 Å². The van der Waals surface area contributed by atoms with Gasteiger partial charge in [-0.3, -0.25) is 4.79 Å². The first-order valence-electron chi connectivity index (χ1n) is 3.97. The molecule has 2 aromatic rings. The third kappa shape index (κ3) is 1.34. The van der Waals surface area contributed by atoms with Gasteiger partial charge < -0.3 is 0 Å². The number of thiophene rings is 1. The van der Waals surface area contributed by atoms with Crippen LogP contribution in [0, 0.1) is 6.92 Å². The van der Waals surface area contributed by atoms with E-state index in [1.807, 2.05) is 6.92 Å². The molecule has 14 heavy (non-hydrogen) atoms. The van der Waals surface area contributed by atoms with Crippen LogP contribution in [0.1, 0.15) is 15.2 Å². The fraction of sp³-hybridized carbons (Fsp3) is 0.100. The van der Waals surface area contributed by atoms with E-state index in [9.17, 15) is 4.79 Å². The molecule has 0 radical (unpaired) electrons. The summed E-state index contributed by atoms with van der Waals surface area (Å²) < 4.78 is 0.888. The highest BCUT2D eigenvalue weighted by molar-refractivity contribution is 7.20. The summed E-state index contributed by atoms with van der Waals surface area (Å²) in [5, 5.41) is 2.00. The Balaban J connectivity index is 3.00. The van der Waals surface area contributed by atoms with E-state index < -0.39 is 0 Å². The highest BCUT2D eigenvalue weighted by Gasteiger charge is 2.13. The second-order valence-electron chi connectivity index (χ2n) is 2.92. The molecule has 0 atom stereocenters. The number of aldehydes is 1. The van der Waals surface area contributed by atoms with Crippen LogP contribution in [0.4, 0.5) is 0 Å². The number of rotatable bonds is 1. The summed E-state index contributed by atoms with van der Waals surface area (Å²) in [6, 6.07) is 3.46. The van der Waals surface area contributed by atoms with Crippen molar-refractivity contribution in [1.29, 1.82) is 0 Å². The summed E-state index contributed by atoms with van der Waals surface area (Å²) in [6.45, 7) is 1.89. The van der Waals surface area contributed by atoms with Crippen LogP contribution in [-0.2, 0) is 0 Å². The summed E-state index contributed by atoms with van der Waals surface area (Å²) in [5.74, 6) is 0. The van der Waals surface area contributed by atoms with Gasteiger partial charge in [-0.2, -0.15) is 0 Å². The molecule has 1 aromatic heterocycles. The zero-order chi connectivity index (χ0) is 10.3. The minimum absolute atomic E-state index is 0.579. The number of halogens is 2. The quantitative estimate of drug-likeness (QED) is 0.683. The third-order valence-corrected chi connectivity index (χ3v) is 3.98. The third-order valence-electron chi connectivity index (χ3n) is 2.08. The molecule has 0 saturated heterocycles. The number of hydrogen-bond donors (Lipinski definition) is 0. The molecular formula is C10H6Cl2OS. The number of carbonyl (C=O) groups is 1. The van der Waals surface area contributed by atoms with Gasteiger partial charge >= 0.3 is 0 Å². The van der Waals surface area contributed by atoms with Gasteiger partial charge in [-0.05, 0) is 19.1 Å². The first kappa shape index (κ1) is 9.97. The molecule has 2 rings (SSSR count). The average Bonchev–Trinajstić information content (AvgIpc) is 2.50. The molecule has 0 unspecified atom stereocenters. The van der Waals surface area contributed by atoms with E-state index in [1.54, 1.807) is 12.1 Å². The Labute approximate surface area is 95.3 Å². The molecule has 0 fully saturated rings. The zero-order valence-electron chi connectivity index (χ0n) is 7.30. The van der Waals surface area contributed by atoms with Crippen molar-refractivity contribution < 1.29 is 4.79 Å². The number of aryl methyl sites for hydroxylation is 1. The van der Waals surface area contributed by atoms with Crippen LogP contribution < -0.4 is 0 Å². The Morgan fingerprint density at radius 3 is 2.57 bits per heavy atom. The largest absolute Gasteiger partial charge is 0.298 e. The first-order chi connectivity index (χ1) is 6.65. The molecule has 0 N–H and O–H groups in total. The van der Waals surface area contributed by atoms with Crippen LogP contribution in [-0.4, -0.2) is 6.29 Å². The second kappa shape index (κ2) is 3.54. The normalized spacial score (nSPS) is 10.8. The fourth-order valence-electron chi connectivity index (χ4n) is 1.41. The highest BCUT2D eigenvalue weighted by Crippen LogP contribution is 2.38. The Kier molecular flexibility index (Phi) is 2.52. The molecule has 1 aromatic carbocycles. The van der Waals surface area contributed by atoms with E-state index in [1.165, 1.54) is 11.3 Å². The molecule has 0 aliphatic rings.